The summed E-state index contributed by atoms with van der Waals surface area (Å²) in [5.41, 5.74) is 3.07. The molecule has 0 aromatic carbocycles. The third-order valence-electron chi connectivity index (χ3n) is 10.3. The average Bonchev–Trinajstić information content (AvgIpc) is 3.25. The second kappa shape index (κ2) is 7.35. The molecule has 30 heavy (non-hydrogen) atoms. The SMILES string of the molecule is C[C@]12Cc3cn[nH]c3CC1CCC1C2CC[C@@]2(C)C1CC[C@]2(C)OC(=O)CCCBr. The predicted molar refractivity (Wildman–Crippen MR) is 121 cm³/mol. The summed E-state index contributed by atoms with van der Waals surface area (Å²) in [6.45, 7) is 7.27. The largest absolute Gasteiger partial charge is 0.459 e. The fraction of sp³-hybridized carbons (Fsp3) is 0.840. The van der Waals surface area contributed by atoms with Crippen LogP contribution in [0.15, 0.2) is 6.20 Å². The lowest BCUT2D eigenvalue weighted by Gasteiger charge is -2.61. The van der Waals surface area contributed by atoms with E-state index in [0.717, 1.165) is 35.9 Å². The molecule has 0 aliphatic heterocycles. The highest BCUT2D eigenvalue weighted by atomic mass is 79.9. The van der Waals surface area contributed by atoms with Gasteiger partial charge in [0.15, 0.2) is 0 Å². The Morgan fingerprint density at radius 1 is 1.20 bits per heavy atom. The zero-order chi connectivity index (χ0) is 21.1. The van der Waals surface area contributed by atoms with Gasteiger partial charge in [0.2, 0.25) is 0 Å². The van der Waals surface area contributed by atoms with Gasteiger partial charge in [-0.1, -0.05) is 29.8 Å². The summed E-state index contributed by atoms with van der Waals surface area (Å²) in [4.78, 5) is 12.5. The zero-order valence-electron chi connectivity index (χ0n) is 18.8. The van der Waals surface area contributed by atoms with Gasteiger partial charge in [0.05, 0.1) is 6.20 Å². The van der Waals surface area contributed by atoms with Crippen LogP contribution < -0.4 is 0 Å². The van der Waals surface area contributed by atoms with Crippen molar-refractivity contribution in [2.24, 2.45) is 34.5 Å². The van der Waals surface area contributed by atoms with E-state index in [1.165, 1.54) is 56.2 Å². The number of aromatic nitrogens is 2. The van der Waals surface area contributed by atoms with Crippen LogP contribution in [0.25, 0.3) is 0 Å². The van der Waals surface area contributed by atoms with Gasteiger partial charge < -0.3 is 4.74 Å². The fourth-order valence-corrected chi connectivity index (χ4v) is 8.66. The number of esters is 1. The number of ether oxygens (including phenoxy) is 1. The minimum atomic E-state index is -0.298. The molecule has 3 saturated carbocycles. The number of nitrogens with one attached hydrogen (secondary N) is 1. The molecule has 0 radical (unpaired) electrons. The summed E-state index contributed by atoms with van der Waals surface area (Å²) in [5, 5.41) is 8.48. The van der Waals surface area contributed by atoms with Gasteiger partial charge in [-0.25, -0.2) is 0 Å². The molecule has 4 unspecified atom stereocenters. The summed E-state index contributed by atoms with van der Waals surface area (Å²) >= 11 is 3.43. The predicted octanol–water partition coefficient (Wildman–Crippen LogP) is 5.84. The van der Waals surface area contributed by atoms with Crippen LogP contribution in [0.3, 0.4) is 0 Å². The minimum Gasteiger partial charge on any atom is -0.459 e. The van der Waals surface area contributed by atoms with Crippen LogP contribution >= 0.6 is 15.9 Å². The number of rotatable bonds is 4. The van der Waals surface area contributed by atoms with Crippen LogP contribution in [-0.4, -0.2) is 27.1 Å². The molecule has 1 N–H and O–H groups in total. The number of nitrogens with zero attached hydrogens (tertiary/aromatic N) is 1. The first-order chi connectivity index (χ1) is 14.3. The number of aromatic amines is 1. The Balaban J connectivity index is 1.38. The van der Waals surface area contributed by atoms with Crippen molar-refractivity contribution in [3.63, 3.8) is 0 Å². The highest BCUT2D eigenvalue weighted by Gasteiger charge is 2.64. The molecule has 0 amide bonds. The van der Waals surface area contributed by atoms with Crippen molar-refractivity contribution in [1.82, 2.24) is 10.2 Å². The lowest BCUT2D eigenvalue weighted by atomic mass is 9.44. The van der Waals surface area contributed by atoms with Crippen molar-refractivity contribution < 1.29 is 9.53 Å². The molecule has 4 nitrogen and oxygen atoms in total. The molecule has 1 aromatic rings. The number of halogens is 1. The van der Waals surface area contributed by atoms with Gasteiger partial charge in [-0.2, -0.15) is 5.10 Å². The van der Waals surface area contributed by atoms with Crippen LogP contribution in [0.2, 0.25) is 0 Å². The van der Waals surface area contributed by atoms with E-state index in [4.69, 9.17) is 4.74 Å². The molecule has 4 aliphatic carbocycles. The van der Waals surface area contributed by atoms with E-state index in [2.05, 4.69) is 53.1 Å². The van der Waals surface area contributed by atoms with Gasteiger partial charge in [0.25, 0.3) is 0 Å². The second-order valence-corrected chi connectivity index (χ2v) is 12.2. The summed E-state index contributed by atoms with van der Waals surface area (Å²) < 4.78 is 6.25. The number of alkyl halides is 1. The number of H-pyrrole nitrogens is 1. The van der Waals surface area contributed by atoms with Crippen LogP contribution in [0.5, 0.6) is 0 Å². The smallest absolute Gasteiger partial charge is 0.306 e. The maximum absolute atomic E-state index is 12.5. The van der Waals surface area contributed by atoms with E-state index in [1.807, 2.05) is 0 Å². The molecular formula is C25H37BrN2O2. The van der Waals surface area contributed by atoms with Crippen molar-refractivity contribution >= 4 is 21.9 Å². The van der Waals surface area contributed by atoms with E-state index in [0.29, 0.717) is 17.8 Å². The van der Waals surface area contributed by atoms with Crippen molar-refractivity contribution in [1.29, 1.82) is 0 Å². The Labute approximate surface area is 189 Å². The van der Waals surface area contributed by atoms with Crippen molar-refractivity contribution in [3.05, 3.63) is 17.5 Å². The number of carbonyl (C=O) groups excluding carboxylic acids is 1. The summed E-state index contributed by atoms with van der Waals surface area (Å²) in [7, 11) is 0. The summed E-state index contributed by atoms with van der Waals surface area (Å²) in [5.74, 6) is 3.04. The molecule has 0 saturated heterocycles. The van der Waals surface area contributed by atoms with Crippen molar-refractivity contribution in [2.75, 3.05) is 5.33 Å². The van der Waals surface area contributed by atoms with Gasteiger partial charge >= 0.3 is 5.97 Å². The molecule has 0 bridgehead atoms. The normalized spacial score (nSPS) is 44.5. The number of hydrogen-bond acceptors (Lipinski definition) is 3. The van der Waals surface area contributed by atoms with Gasteiger partial charge in [-0.15, -0.1) is 0 Å². The highest BCUT2D eigenvalue weighted by Crippen LogP contribution is 2.68. The standard InChI is InChI=1S/C25H37BrN2O2/c1-23-14-16-15-27-28-21(16)13-17(23)6-7-18-19(23)8-10-24(2)20(18)9-11-25(24,3)30-22(29)5-4-12-26/h15,17-20H,4-14H2,1-3H3,(H,27,28)/t17?,18?,19?,20?,23-,24-,25-/m0/s1. The number of carbonyl (C=O) groups is 1. The minimum absolute atomic E-state index is 0.00335. The lowest BCUT2D eigenvalue weighted by molar-refractivity contribution is -0.184. The van der Waals surface area contributed by atoms with Gasteiger partial charge in [-0.3, -0.25) is 9.89 Å². The number of fused-ring (bicyclic) bond motifs is 6. The first-order valence-corrected chi connectivity index (χ1v) is 13.2. The Hall–Kier alpha value is -0.840. The molecule has 4 aliphatic rings. The highest BCUT2D eigenvalue weighted by molar-refractivity contribution is 9.09. The zero-order valence-corrected chi connectivity index (χ0v) is 20.4. The average molecular weight is 477 g/mol. The van der Waals surface area contributed by atoms with Crippen LogP contribution in [0.1, 0.15) is 83.4 Å². The number of hydrogen-bond donors (Lipinski definition) is 1. The lowest BCUT2D eigenvalue weighted by Crippen LogP contribution is -2.57. The Morgan fingerprint density at radius 2 is 2.00 bits per heavy atom. The van der Waals surface area contributed by atoms with Crippen molar-refractivity contribution in [2.45, 2.75) is 90.6 Å². The van der Waals surface area contributed by atoms with E-state index in [9.17, 15) is 4.79 Å². The van der Waals surface area contributed by atoms with Gasteiger partial charge in [0, 0.05) is 22.9 Å². The first-order valence-electron chi connectivity index (χ1n) is 12.1. The molecule has 1 heterocycles. The van der Waals surface area contributed by atoms with Crippen LogP contribution in [0.4, 0.5) is 0 Å². The second-order valence-electron chi connectivity index (χ2n) is 11.4. The molecular weight excluding hydrogens is 440 g/mol. The Morgan fingerprint density at radius 3 is 2.80 bits per heavy atom. The van der Waals surface area contributed by atoms with Gasteiger partial charge in [0.1, 0.15) is 5.60 Å². The monoisotopic (exact) mass is 476 g/mol. The molecule has 166 valence electrons. The Bertz CT molecular complexity index is 824. The van der Waals surface area contributed by atoms with E-state index in [-0.39, 0.29) is 17.0 Å². The van der Waals surface area contributed by atoms with E-state index < -0.39 is 0 Å². The van der Waals surface area contributed by atoms with Crippen LogP contribution in [0, 0.1) is 34.5 Å². The molecule has 5 heteroatoms. The molecule has 1 aromatic heterocycles. The third kappa shape index (κ3) is 2.97. The maximum atomic E-state index is 12.5. The van der Waals surface area contributed by atoms with Crippen molar-refractivity contribution in [3.8, 4) is 0 Å². The molecule has 0 spiro atoms. The Kier molecular flexibility index (Phi) is 5.15. The fourth-order valence-electron chi connectivity index (χ4n) is 8.38. The van der Waals surface area contributed by atoms with E-state index >= 15 is 0 Å². The van der Waals surface area contributed by atoms with Gasteiger partial charge in [-0.05, 0) is 99.4 Å². The molecule has 3 fully saturated rings. The maximum Gasteiger partial charge on any atom is 0.306 e. The van der Waals surface area contributed by atoms with E-state index in [1.54, 1.807) is 0 Å². The molecule has 5 rings (SSSR count). The quantitative estimate of drug-likeness (QED) is 0.438. The summed E-state index contributed by atoms with van der Waals surface area (Å²) in [6.07, 6.45) is 13.2. The summed E-state index contributed by atoms with van der Waals surface area (Å²) in [6, 6.07) is 0. The third-order valence-corrected chi connectivity index (χ3v) is 10.8. The first kappa shape index (κ1) is 21.0. The molecule has 7 atom stereocenters. The van der Waals surface area contributed by atoms with Crippen LogP contribution in [-0.2, 0) is 22.4 Å². The topological polar surface area (TPSA) is 55.0 Å².